The van der Waals surface area contributed by atoms with E-state index in [-0.39, 0.29) is 0 Å². The van der Waals surface area contributed by atoms with Gasteiger partial charge in [0.15, 0.2) is 0 Å². The molecule has 0 saturated heterocycles. The third-order valence-electron chi connectivity index (χ3n) is 2.09. The second-order valence-corrected chi connectivity index (χ2v) is 5.42. The van der Waals surface area contributed by atoms with Crippen LogP contribution in [-0.4, -0.2) is 17.7 Å². The van der Waals surface area contributed by atoms with E-state index in [1.54, 1.807) is 0 Å². The van der Waals surface area contributed by atoms with Crippen LogP contribution in [-0.2, 0) is 12.2 Å². The Morgan fingerprint density at radius 1 is 1.47 bits per heavy atom. The molecule has 1 aliphatic heterocycles. The van der Waals surface area contributed by atoms with Crippen LogP contribution in [0.15, 0.2) is 6.07 Å². The van der Waals surface area contributed by atoms with Crippen molar-refractivity contribution in [3.05, 3.63) is 21.4 Å². The molecule has 0 fully saturated rings. The van der Waals surface area contributed by atoms with Crippen molar-refractivity contribution in [3.8, 4) is 0 Å². The Kier molecular flexibility index (Phi) is 2.97. The molecule has 3 amide bonds. The zero-order valence-corrected chi connectivity index (χ0v) is 9.54. The molecule has 3 N–H and O–H groups in total. The number of urea groups is 1. The number of primary amides is 1. The van der Waals surface area contributed by atoms with Crippen LogP contribution in [0.2, 0.25) is 0 Å². The largest absolute Gasteiger partial charge is 0.351 e. The molecule has 0 aromatic carbocycles. The molecule has 0 spiro atoms. The lowest BCUT2D eigenvalue weighted by Gasteiger charge is -2.08. The lowest BCUT2D eigenvalue weighted by molar-refractivity contribution is 0.0970. The summed E-state index contributed by atoms with van der Waals surface area (Å²) in [7, 11) is 0. The number of carbonyl (C=O) groups excluding carboxylic acids is 2. The van der Waals surface area contributed by atoms with Crippen molar-refractivity contribution < 1.29 is 9.59 Å². The van der Waals surface area contributed by atoms with Gasteiger partial charge < -0.3 is 5.73 Å². The maximum atomic E-state index is 11.5. The molecular formula is C9H10N2O2S2. The number of nitrogens with one attached hydrogen (secondary N) is 1. The van der Waals surface area contributed by atoms with Gasteiger partial charge in [-0.2, -0.15) is 11.8 Å². The summed E-state index contributed by atoms with van der Waals surface area (Å²) >= 11 is 3.31. The van der Waals surface area contributed by atoms with Gasteiger partial charge in [0.1, 0.15) is 0 Å². The zero-order valence-electron chi connectivity index (χ0n) is 7.91. The van der Waals surface area contributed by atoms with E-state index in [1.165, 1.54) is 21.8 Å². The molecular weight excluding hydrogens is 232 g/mol. The first-order chi connectivity index (χ1) is 7.16. The summed E-state index contributed by atoms with van der Waals surface area (Å²) in [6, 6.07) is 1.05. The third-order valence-corrected chi connectivity index (χ3v) is 4.33. The van der Waals surface area contributed by atoms with Gasteiger partial charge in [0.25, 0.3) is 5.91 Å². The minimum atomic E-state index is -0.805. The Balaban J connectivity index is 2.18. The van der Waals surface area contributed by atoms with E-state index in [9.17, 15) is 9.59 Å². The van der Waals surface area contributed by atoms with Crippen LogP contribution in [0.25, 0.3) is 0 Å². The molecule has 0 bridgehead atoms. The van der Waals surface area contributed by atoms with E-state index >= 15 is 0 Å². The fraction of sp³-hybridized carbons (Fsp3) is 0.333. The highest BCUT2D eigenvalue weighted by molar-refractivity contribution is 7.98. The lowest BCUT2D eigenvalue weighted by atomic mass is 10.2. The number of nitrogens with two attached hydrogens (primary N) is 1. The molecule has 0 saturated carbocycles. The van der Waals surface area contributed by atoms with Crippen molar-refractivity contribution in [3.63, 3.8) is 0 Å². The molecule has 0 unspecified atom stereocenters. The highest BCUT2D eigenvalue weighted by Crippen LogP contribution is 2.31. The summed E-state index contributed by atoms with van der Waals surface area (Å²) in [5.41, 5.74) is 6.10. The molecule has 2 rings (SSSR count). The number of fused-ring (bicyclic) bond motifs is 1. The van der Waals surface area contributed by atoms with Gasteiger partial charge in [0.2, 0.25) is 0 Å². The van der Waals surface area contributed by atoms with E-state index < -0.39 is 11.9 Å². The molecule has 0 atom stereocenters. The Hall–Kier alpha value is -1.01. The molecule has 1 aliphatic rings. The van der Waals surface area contributed by atoms with Crippen LogP contribution in [0.4, 0.5) is 4.79 Å². The summed E-state index contributed by atoms with van der Waals surface area (Å²) in [4.78, 5) is 23.8. The predicted molar refractivity (Wildman–Crippen MR) is 61.2 cm³/mol. The van der Waals surface area contributed by atoms with Gasteiger partial charge in [-0.05, 0) is 23.8 Å². The van der Waals surface area contributed by atoms with Gasteiger partial charge in [-0.25, -0.2) is 4.79 Å². The van der Waals surface area contributed by atoms with Gasteiger partial charge in [-0.15, -0.1) is 11.3 Å². The van der Waals surface area contributed by atoms with E-state index in [0.717, 1.165) is 17.9 Å². The van der Waals surface area contributed by atoms with Crippen molar-refractivity contribution in [2.75, 3.05) is 5.75 Å². The van der Waals surface area contributed by atoms with E-state index in [1.807, 2.05) is 17.8 Å². The number of rotatable bonds is 1. The number of hydrogen-bond acceptors (Lipinski definition) is 4. The summed E-state index contributed by atoms with van der Waals surface area (Å²) in [5, 5.41) is 2.07. The van der Waals surface area contributed by atoms with Crippen molar-refractivity contribution >= 4 is 35.0 Å². The highest BCUT2D eigenvalue weighted by atomic mass is 32.2. The fourth-order valence-electron chi connectivity index (χ4n) is 1.43. The number of hydrogen-bond donors (Lipinski definition) is 2. The average Bonchev–Trinajstić information content (AvgIpc) is 2.59. The molecule has 4 nitrogen and oxygen atoms in total. The van der Waals surface area contributed by atoms with E-state index in [0.29, 0.717) is 4.88 Å². The Morgan fingerprint density at radius 3 is 2.93 bits per heavy atom. The second-order valence-electron chi connectivity index (χ2n) is 3.18. The SMILES string of the molecule is NC(=O)NC(=O)c1cc2c(s1)CCSC2. The number of carbonyl (C=O) groups is 2. The van der Waals surface area contributed by atoms with E-state index in [2.05, 4.69) is 5.32 Å². The Labute approximate surface area is 95.2 Å². The first-order valence-electron chi connectivity index (χ1n) is 4.47. The molecule has 1 aromatic heterocycles. The van der Waals surface area contributed by atoms with Crippen LogP contribution >= 0.6 is 23.1 Å². The number of amides is 3. The third kappa shape index (κ3) is 2.32. The topological polar surface area (TPSA) is 72.2 Å². The smallest absolute Gasteiger partial charge is 0.319 e. The standard InChI is InChI=1S/C9H10N2O2S2/c10-9(13)11-8(12)7-3-5-4-14-2-1-6(5)15-7/h3H,1-2,4H2,(H3,10,11,12,13). The minimum Gasteiger partial charge on any atom is -0.351 e. The summed E-state index contributed by atoms with van der Waals surface area (Å²) in [6.07, 6.45) is 1.01. The number of thiophene rings is 1. The molecule has 2 heterocycles. The molecule has 6 heteroatoms. The van der Waals surface area contributed by atoms with E-state index in [4.69, 9.17) is 5.73 Å². The minimum absolute atomic E-state index is 0.396. The average molecular weight is 242 g/mol. The number of imide groups is 1. The van der Waals surface area contributed by atoms with Crippen molar-refractivity contribution in [2.24, 2.45) is 5.73 Å². The Morgan fingerprint density at radius 2 is 2.27 bits per heavy atom. The zero-order chi connectivity index (χ0) is 10.8. The summed E-state index contributed by atoms with van der Waals surface area (Å²) in [5.74, 6) is 1.66. The maximum absolute atomic E-state index is 11.5. The van der Waals surface area contributed by atoms with Crippen molar-refractivity contribution in [2.45, 2.75) is 12.2 Å². The van der Waals surface area contributed by atoms with Gasteiger partial charge in [0.05, 0.1) is 4.88 Å². The summed E-state index contributed by atoms with van der Waals surface area (Å²) in [6.45, 7) is 0. The normalized spacial score (nSPS) is 14.4. The summed E-state index contributed by atoms with van der Waals surface area (Å²) < 4.78 is 0. The second kappa shape index (κ2) is 4.24. The van der Waals surface area contributed by atoms with Crippen molar-refractivity contribution in [1.29, 1.82) is 0 Å². The quantitative estimate of drug-likeness (QED) is 0.780. The predicted octanol–water partition coefficient (Wildman–Crippen LogP) is 1.35. The molecule has 80 valence electrons. The first kappa shape index (κ1) is 10.5. The van der Waals surface area contributed by atoms with Crippen LogP contribution in [0.3, 0.4) is 0 Å². The van der Waals surface area contributed by atoms with Crippen LogP contribution < -0.4 is 11.1 Å². The molecule has 15 heavy (non-hydrogen) atoms. The van der Waals surface area contributed by atoms with Gasteiger partial charge in [-0.1, -0.05) is 0 Å². The first-order valence-corrected chi connectivity index (χ1v) is 6.44. The van der Waals surface area contributed by atoms with Crippen LogP contribution in [0.5, 0.6) is 0 Å². The monoisotopic (exact) mass is 242 g/mol. The van der Waals surface area contributed by atoms with Crippen LogP contribution in [0, 0.1) is 0 Å². The fourth-order valence-corrected chi connectivity index (χ4v) is 3.70. The highest BCUT2D eigenvalue weighted by Gasteiger charge is 2.17. The lowest BCUT2D eigenvalue weighted by Crippen LogP contribution is -2.34. The molecule has 0 radical (unpaired) electrons. The number of thioether (sulfide) groups is 1. The molecule has 0 aliphatic carbocycles. The maximum Gasteiger partial charge on any atom is 0.319 e. The van der Waals surface area contributed by atoms with Gasteiger partial charge in [-0.3, -0.25) is 10.1 Å². The Bertz CT molecular complexity index is 391. The van der Waals surface area contributed by atoms with Crippen LogP contribution in [0.1, 0.15) is 20.1 Å². The van der Waals surface area contributed by atoms with Gasteiger partial charge >= 0.3 is 6.03 Å². The van der Waals surface area contributed by atoms with Crippen molar-refractivity contribution in [1.82, 2.24) is 5.32 Å². The van der Waals surface area contributed by atoms with Gasteiger partial charge in [0, 0.05) is 10.6 Å². The number of aryl methyl sites for hydroxylation is 1. The molecule has 1 aromatic rings.